The molecule has 0 aliphatic carbocycles. The topological polar surface area (TPSA) is 163 Å². The zero-order chi connectivity index (χ0) is 66.6. The predicted octanol–water partition coefficient (Wildman–Crippen LogP) is 16.4. The number of rotatable bonds is 30. The Morgan fingerprint density at radius 2 is 1.09 bits per heavy atom. The van der Waals surface area contributed by atoms with E-state index in [1.165, 1.54) is 0 Å². The standard InChI is InChI=1S/C76H89N6O10PSi/c1-53(2)82(54(3)4)93(89-48-22-46-77)91-70-67(50-88-76(58-28-18-15-19-29-58,61-34-42-65(85-10)43-35-61)62-36-44-66(86-11)45-37-62)90-73(71(70)92-94(12,13)74(5,6)7)81-52-80-69-68(78-51-79-72(69)81)56-25-20-23-55(49-56)24-21-47-87-75(57-26-16-14-17-27-57,59-30-38-63(83-8)39-31-59)60-32-40-64(84-9)41-33-60/h14-20,23,25-45,49,51-54,67,70-71,73H,21-22,24,47-48,50H2,1-13H3/t67-,70-,71-,73-,93?/m1/s1. The molecule has 1 aliphatic rings. The third kappa shape index (κ3) is 14.8. The zero-order valence-corrected chi connectivity index (χ0v) is 58.3. The van der Waals surface area contributed by atoms with Gasteiger partial charge in [-0.15, -0.1) is 0 Å². The van der Waals surface area contributed by atoms with Crippen LogP contribution in [0.15, 0.2) is 195 Å². The molecule has 3 heterocycles. The molecule has 0 spiro atoms. The van der Waals surface area contributed by atoms with Crippen LogP contribution in [0.25, 0.3) is 22.4 Å². The summed E-state index contributed by atoms with van der Waals surface area (Å²) >= 11 is 0. The summed E-state index contributed by atoms with van der Waals surface area (Å²) in [5.74, 6) is 2.93. The van der Waals surface area contributed by atoms with Gasteiger partial charge in [-0.3, -0.25) is 4.57 Å². The van der Waals surface area contributed by atoms with Crippen LogP contribution in [0.1, 0.15) is 106 Å². The molecule has 0 radical (unpaired) electrons. The molecule has 0 amide bonds. The third-order valence-corrected chi connectivity index (χ3v) is 24.6. The van der Waals surface area contributed by atoms with E-state index in [4.69, 9.17) is 61.6 Å². The molecule has 5 atom stereocenters. The number of fused-ring (bicyclic) bond motifs is 1. The monoisotopic (exact) mass is 1300 g/mol. The summed E-state index contributed by atoms with van der Waals surface area (Å²) in [7, 11) is 2.12. The number of hydrogen-bond donors (Lipinski definition) is 0. The van der Waals surface area contributed by atoms with Crippen LogP contribution in [0.3, 0.4) is 0 Å². The molecule has 1 fully saturated rings. The van der Waals surface area contributed by atoms with Gasteiger partial charge in [0.2, 0.25) is 0 Å². The Labute approximate surface area is 557 Å². The largest absolute Gasteiger partial charge is 0.497 e. The molecule has 7 aromatic carbocycles. The SMILES string of the molecule is COc1ccc(C(OCCCc2cccc(-c3ncnc4c3ncn4[C@@H]3O[C@H](COC(c4ccccc4)(c4ccc(OC)cc4)c4ccc(OC)cc4)[C@@H](OP(OCCC#N)N(C(C)C)C(C)C)[C@H]3O[Si](C)(C)C(C)(C)C)c2)(c2ccccc2)c2ccc(OC)cc2)cc1. The first-order valence-corrected chi connectivity index (χ1v) is 36.3. The van der Waals surface area contributed by atoms with Crippen LogP contribution in [0.4, 0.5) is 0 Å². The highest BCUT2D eigenvalue weighted by Gasteiger charge is 2.55. The summed E-state index contributed by atoms with van der Waals surface area (Å²) in [4.78, 5) is 15.1. The number of nitrogens with zero attached hydrogens (tertiary/aromatic N) is 6. The lowest BCUT2D eigenvalue weighted by Crippen LogP contribution is -2.50. The van der Waals surface area contributed by atoms with Gasteiger partial charge in [-0.05, 0) is 152 Å². The van der Waals surface area contributed by atoms with Crippen molar-refractivity contribution in [3.8, 4) is 40.3 Å². The molecule has 94 heavy (non-hydrogen) atoms. The minimum Gasteiger partial charge on any atom is -0.497 e. The van der Waals surface area contributed by atoms with Crippen molar-refractivity contribution < 1.29 is 46.6 Å². The summed E-state index contributed by atoms with van der Waals surface area (Å²) < 4.78 is 71.4. The van der Waals surface area contributed by atoms with Crippen LogP contribution in [0, 0.1) is 11.3 Å². The van der Waals surface area contributed by atoms with Crippen molar-refractivity contribution in [2.45, 2.75) is 134 Å². The molecule has 492 valence electrons. The first kappa shape index (κ1) is 69.0. The molecule has 1 aliphatic heterocycles. The minimum atomic E-state index is -2.71. The average Bonchev–Trinajstić information content (AvgIpc) is 1.28. The van der Waals surface area contributed by atoms with Gasteiger partial charge in [0.15, 0.2) is 20.2 Å². The van der Waals surface area contributed by atoms with Crippen molar-refractivity contribution in [3.05, 3.63) is 234 Å². The quantitative estimate of drug-likeness (QED) is 0.0181. The van der Waals surface area contributed by atoms with Crippen molar-refractivity contribution in [2.75, 3.05) is 48.3 Å². The van der Waals surface area contributed by atoms with E-state index in [0.29, 0.717) is 41.4 Å². The highest BCUT2D eigenvalue weighted by Crippen LogP contribution is 2.53. The summed E-state index contributed by atoms with van der Waals surface area (Å²) in [5.41, 5.74) is 7.23. The average molecular weight is 1310 g/mol. The highest BCUT2D eigenvalue weighted by atomic mass is 31.2. The molecule has 16 nitrogen and oxygen atoms in total. The van der Waals surface area contributed by atoms with Gasteiger partial charge in [0.05, 0.1) is 60.5 Å². The van der Waals surface area contributed by atoms with Crippen molar-refractivity contribution in [1.29, 1.82) is 5.26 Å². The molecule has 0 bridgehead atoms. The molecule has 1 saturated heterocycles. The van der Waals surface area contributed by atoms with Gasteiger partial charge in [-0.25, -0.2) is 19.6 Å². The van der Waals surface area contributed by atoms with Crippen molar-refractivity contribution in [3.63, 3.8) is 0 Å². The molecule has 18 heteroatoms. The molecular weight excluding hydrogens is 1220 g/mol. The van der Waals surface area contributed by atoms with E-state index in [2.05, 4.69) is 145 Å². The van der Waals surface area contributed by atoms with E-state index < -0.39 is 52.6 Å². The number of aryl methyl sites for hydroxylation is 1. The number of imidazole rings is 1. The Hall–Kier alpha value is -7.85. The Kier molecular flexibility index (Phi) is 22.5. The van der Waals surface area contributed by atoms with Crippen molar-refractivity contribution in [1.82, 2.24) is 24.2 Å². The molecule has 9 aromatic rings. The van der Waals surface area contributed by atoms with Gasteiger partial charge in [-0.2, -0.15) is 5.26 Å². The van der Waals surface area contributed by atoms with E-state index in [-0.39, 0.29) is 36.8 Å². The summed E-state index contributed by atoms with van der Waals surface area (Å²) in [5, 5.41) is 9.61. The molecule has 0 saturated carbocycles. The normalized spacial score (nSPS) is 16.6. The second kappa shape index (κ2) is 30.7. The molecule has 2 aromatic heterocycles. The molecule has 10 rings (SSSR count). The van der Waals surface area contributed by atoms with Crippen molar-refractivity contribution >= 4 is 28.0 Å². The molecule has 1 unspecified atom stereocenters. The second-order valence-electron chi connectivity index (χ2n) is 25.5. The summed E-state index contributed by atoms with van der Waals surface area (Å²) in [6, 6.07) is 63.5. The van der Waals surface area contributed by atoms with Gasteiger partial charge in [-0.1, -0.05) is 148 Å². The number of hydrogen-bond acceptors (Lipinski definition) is 15. The second-order valence-corrected chi connectivity index (χ2v) is 31.7. The minimum absolute atomic E-state index is 0.00511. The van der Waals surface area contributed by atoms with Crippen LogP contribution in [-0.4, -0.2) is 111 Å². The van der Waals surface area contributed by atoms with Gasteiger partial charge in [0.1, 0.15) is 70.0 Å². The van der Waals surface area contributed by atoms with Crippen LogP contribution >= 0.6 is 8.53 Å². The van der Waals surface area contributed by atoms with Crippen LogP contribution in [0.5, 0.6) is 23.0 Å². The maximum atomic E-state index is 9.85. The Balaban J connectivity index is 1.03. The predicted molar refractivity (Wildman–Crippen MR) is 372 cm³/mol. The lowest BCUT2D eigenvalue weighted by molar-refractivity contribution is -0.0926. The van der Waals surface area contributed by atoms with E-state index >= 15 is 0 Å². The first-order chi connectivity index (χ1) is 45.4. The van der Waals surface area contributed by atoms with Crippen LogP contribution in [0.2, 0.25) is 18.1 Å². The Bertz CT molecular complexity index is 3800. The maximum Gasteiger partial charge on any atom is 0.259 e. The summed E-state index contributed by atoms with van der Waals surface area (Å²) in [6.07, 6.45) is 1.78. The van der Waals surface area contributed by atoms with Gasteiger partial charge in [0, 0.05) is 24.3 Å². The fourth-order valence-electron chi connectivity index (χ4n) is 12.2. The number of methoxy groups -OCH3 is 4. The number of ether oxygens (including phenoxy) is 7. The molecule has 0 N–H and O–H groups in total. The summed E-state index contributed by atoms with van der Waals surface area (Å²) in [6.45, 7) is 20.3. The first-order valence-electron chi connectivity index (χ1n) is 32.2. The number of nitriles is 1. The highest BCUT2D eigenvalue weighted by molar-refractivity contribution is 7.44. The Morgan fingerprint density at radius 3 is 1.55 bits per heavy atom. The van der Waals surface area contributed by atoms with E-state index in [1.807, 2.05) is 114 Å². The molecular formula is C76H89N6O10PSi. The van der Waals surface area contributed by atoms with E-state index in [0.717, 1.165) is 62.4 Å². The fraction of sp³-hybridized carbons (Fsp3) is 0.368. The lowest BCUT2D eigenvalue weighted by atomic mass is 9.80. The van der Waals surface area contributed by atoms with Crippen LogP contribution < -0.4 is 18.9 Å². The Morgan fingerprint density at radius 1 is 0.596 bits per heavy atom. The third-order valence-electron chi connectivity index (χ3n) is 18.0. The number of benzene rings is 7. The zero-order valence-electron chi connectivity index (χ0n) is 56.4. The lowest BCUT2D eigenvalue weighted by Gasteiger charge is -2.42. The number of aromatic nitrogens is 4. The van der Waals surface area contributed by atoms with Crippen molar-refractivity contribution in [2.24, 2.45) is 0 Å². The van der Waals surface area contributed by atoms with Crippen LogP contribution in [-0.2, 0) is 45.3 Å². The smallest absolute Gasteiger partial charge is 0.259 e. The maximum absolute atomic E-state index is 9.85. The van der Waals surface area contributed by atoms with Gasteiger partial charge >= 0.3 is 0 Å². The van der Waals surface area contributed by atoms with E-state index in [9.17, 15) is 5.26 Å². The fourth-order valence-corrected chi connectivity index (χ4v) is 15.3. The van der Waals surface area contributed by atoms with Gasteiger partial charge in [0.25, 0.3) is 8.53 Å². The van der Waals surface area contributed by atoms with E-state index in [1.54, 1.807) is 41.1 Å². The van der Waals surface area contributed by atoms with Gasteiger partial charge < -0.3 is 46.6 Å².